The van der Waals surface area contributed by atoms with Gasteiger partial charge < -0.3 is 15.0 Å². The van der Waals surface area contributed by atoms with Crippen molar-refractivity contribution >= 4 is 27.5 Å². The molecule has 214 valence electrons. The summed E-state index contributed by atoms with van der Waals surface area (Å²) in [5, 5.41) is 2.93. The number of sulfonamides is 1. The van der Waals surface area contributed by atoms with Crippen LogP contribution >= 0.6 is 0 Å². The van der Waals surface area contributed by atoms with Crippen LogP contribution in [0.2, 0.25) is 0 Å². The molecule has 1 unspecified atom stereocenters. The predicted octanol–water partition coefficient (Wildman–Crippen LogP) is 4.84. The number of hydrogen-bond donors (Lipinski definition) is 1. The van der Waals surface area contributed by atoms with Gasteiger partial charge >= 0.3 is 0 Å². The number of nitrogens with one attached hydrogen (secondary N) is 1. The third kappa shape index (κ3) is 7.63. The number of aryl methyl sites for hydroxylation is 2. The third-order valence-electron chi connectivity index (χ3n) is 6.35. The van der Waals surface area contributed by atoms with E-state index in [0.29, 0.717) is 5.75 Å². The van der Waals surface area contributed by atoms with E-state index in [1.165, 1.54) is 24.1 Å². The van der Waals surface area contributed by atoms with Gasteiger partial charge in [0.25, 0.3) is 10.0 Å². The Balaban J connectivity index is 2.09. The standard InChI is InChI=1S/C31H39N3O5S/c1-22-13-16-25(17-14-22)20-33(24(3)30(36)32-31(4,5)6)29(35)21-34(27-19-23(2)15-18-28(27)39-7)40(37,38)26-11-9-8-10-12-26/h8-19,24H,20-21H2,1-7H3,(H,32,36). The Morgan fingerprint density at radius 2 is 1.52 bits per heavy atom. The highest BCUT2D eigenvalue weighted by Crippen LogP contribution is 2.33. The van der Waals surface area contributed by atoms with E-state index in [0.717, 1.165) is 21.0 Å². The quantitative estimate of drug-likeness (QED) is 0.380. The summed E-state index contributed by atoms with van der Waals surface area (Å²) in [7, 11) is -2.73. The molecule has 8 nitrogen and oxygen atoms in total. The van der Waals surface area contributed by atoms with Gasteiger partial charge in [0, 0.05) is 12.1 Å². The summed E-state index contributed by atoms with van der Waals surface area (Å²) in [6.45, 7) is 10.6. The van der Waals surface area contributed by atoms with Gasteiger partial charge in [-0.15, -0.1) is 0 Å². The molecule has 0 aliphatic rings. The molecule has 0 spiro atoms. The number of carbonyl (C=O) groups is 2. The van der Waals surface area contributed by atoms with E-state index in [-0.39, 0.29) is 23.0 Å². The lowest BCUT2D eigenvalue weighted by atomic mass is 10.1. The third-order valence-corrected chi connectivity index (χ3v) is 8.13. The molecule has 0 heterocycles. The minimum atomic E-state index is -4.18. The summed E-state index contributed by atoms with van der Waals surface area (Å²) in [4.78, 5) is 28.7. The zero-order valence-corrected chi connectivity index (χ0v) is 25.1. The van der Waals surface area contributed by atoms with Crippen molar-refractivity contribution in [2.75, 3.05) is 18.0 Å². The van der Waals surface area contributed by atoms with Crippen molar-refractivity contribution < 1.29 is 22.7 Å². The average Bonchev–Trinajstić information content (AvgIpc) is 2.90. The Morgan fingerprint density at radius 1 is 0.925 bits per heavy atom. The fraction of sp³-hybridized carbons (Fsp3) is 0.355. The lowest BCUT2D eigenvalue weighted by molar-refractivity contribution is -0.140. The summed E-state index contributed by atoms with van der Waals surface area (Å²) < 4.78 is 34.5. The Kier molecular flexibility index (Phi) is 9.63. The van der Waals surface area contributed by atoms with E-state index < -0.39 is 34.1 Å². The Labute approximate surface area is 238 Å². The molecule has 40 heavy (non-hydrogen) atoms. The minimum Gasteiger partial charge on any atom is -0.495 e. The first-order valence-electron chi connectivity index (χ1n) is 13.1. The fourth-order valence-electron chi connectivity index (χ4n) is 4.17. The summed E-state index contributed by atoms with van der Waals surface area (Å²) in [6.07, 6.45) is 0. The second-order valence-corrected chi connectivity index (χ2v) is 12.8. The second-order valence-electron chi connectivity index (χ2n) is 10.9. The van der Waals surface area contributed by atoms with Crippen LogP contribution in [-0.4, -0.2) is 50.4 Å². The first-order valence-corrected chi connectivity index (χ1v) is 14.6. The van der Waals surface area contributed by atoms with Crippen LogP contribution in [0.25, 0.3) is 0 Å². The SMILES string of the molecule is COc1ccc(C)cc1N(CC(=O)N(Cc1ccc(C)cc1)C(C)C(=O)NC(C)(C)C)S(=O)(=O)c1ccccc1. The highest BCUT2D eigenvalue weighted by atomic mass is 32.2. The highest BCUT2D eigenvalue weighted by Gasteiger charge is 2.34. The van der Waals surface area contributed by atoms with Crippen LogP contribution < -0.4 is 14.4 Å². The zero-order chi connectivity index (χ0) is 29.7. The maximum atomic E-state index is 14.1. The van der Waals surface area contributed by atoms with E-state index in [4.69, 9.17) is 4.74 Å². The van der Waals surface area contributed by atoms with Gasteiger partial charge in [-0.05, 0) is 76.9 Å². The van der Waals surface area contributed by atoms with Gasteiger partial charge in [0.05, 0.1) is 17.7 Å². The highest BCUT2D eigenvalue weighted by molar-refractivity contribution is 7.92. The van der Waals surface area contributed by atoms with Gasteiger partial charge in [-0.3, -0.25) is 13.9 Å². The van der Waals surface area contributed by atoms with Crippen molar-refractivity contribution in [3.63, 3.8) is 0 Å². The molecule has 0 radical (unpaired) electrons. The van der Waals surface area contributed by atoms with Gasteiger partial charge in [-0.1, -0.05) is 54.1 Å². The maximum absolute atomic E-state index is 14.1. The topological polar surface area (TPSA) is 96.0 Å². The van der Waals surface area contributed by atoms with Gasteiger partial charge in [0.15, 0.2) is 0 Å². The molecular weight excluding hydrogens is 526 g/mol. The van der Waals surface area contributed by atoms with E-state index in [1.807, 2.05) is 58.9 Å². The van der Waals surface area contributed by atoms with Gasteiger partial charge in [0.2, 0.25) is 11.8 Å². The first kappa shape index (κ1) is 30.7. The first-order chi connectivity index (χ1) is 18.7. The molecule has 0 aliphatic heterocycles. The number of nitrogens with zero attached hydrogens (tertiary/aromatic N) is 2. The van der Waals surface area contributed by atoms with Crippen LogP contribution in [0.3, 0.4) is 0 Å². The number of carbonyl (C=O) groups excluding carboxylic acids is 2. The van der Waals surface area contributed by atoms with E-state index in [1.54, 1.807) is 43.3 Å². The lowest BCUT2D eigenvalue weighted by Gasteiger charge is -2.33. The van der Waals surface area contributed by atoms with Crippen molar-refractivity contribution in [3.8, 4) is 5.75 Å². The van der Waals surface area contributed by atoms with Gasteiger partial charge in [-0.25, -0.2) is 8.42 Å². The molecule has 3 aromatic carbocycles. The monoisotopic (exact) mass is 565 g/mol. The number of ether oxygens (including phenoxy) is 1. The normalized spacial score (nSPS) is 12.4. The van der Waals surface area contributed by atoms with Crippen molar-refractivity contribution in [2.45, 2.75) is 64.6 Å². The van der Waals surface area contributed by atoms with Gasteiger partial charge in [0.1, 0.15) is 18.3 Å². The number of amides is 2. The number of anilines is 1. The molecule has 3 aromatic rings. The molecule has 0 aromatic heterocycles. The number of methoxy groups -OCH3 is 1. The molecule has 3 rings (SSSR count). The van der Waals surface area contributed by atoms with E-state index in [9.17, 15) is 18.0 Å². The molecular formula is C31H39N3O5S. The lowest BCUT2D eigenvalue weighted by Crippen LogP contribution is -2.54. The van der Waals surface area contributed by atoms with Gasteiger partial charge in [-0.2, -0.15) is 0 Å². The van der Waals surface area contributed by atoms with Crippen molar-refractivity contribution in [1.29, 1.82) is 0 Å². The molecule has 2 amide bonds. The second kappa shape index (κ2) is 12.6. The largest absolute Gasteiger partial charge is 0.495 e. The van der Waals surface area contributed by atoms with Crippen LogP contribution in [0, 0.1) is 13.8 Å². The van der Waals surface area contributed by atoms with Crippen molar-refractivity contribution in [3.05, 3.63) is 89.5 Å². The van der Waals surface area contributed by atoms with E-state index in [2.05, 4.69) is 5.32 Å². The smallest absolute Gasteiger partial charge is 0.264 e. The van der Waals surface area contributed by atoms with Crippen molar-refractivity contribution in [2.24, 2.45) is 0 Å². The summed E-state index contributed by atoms with van der Waals surface area (Å²) in [5.41, 5.74) is 2.40. The van der Waals surface area contributed by atoms with Crippen LogP contribution in [0.15, 0.2) is 77.7 Å². The Bertz CT molecular complexity index is 1430. The zero-order valence-electron chi connectivity index (χ0n) is 24.3. The molecule has 0 fully saturated rings. The summed E-state index contributed by atoms with van der Waals surface area (Å²) >= 11 is 0. The summed E-state index contributed by atoms with van der Waals surface area (Å²) in [5.74, 6) is -0.555. The molecule has 0 saturated heterocycles. The molecule has 0 aliphatic carbocycles. The molecule has 9 heteroatoms. The number of benzene rings is 3. The average molecular weight is 566 g/mol. The molecule has 0 saturated carbocycles. The Morgan fingerprint density at radius 3 is 2.10 bits per heavy atom. The predicted molar refractivity (Wildman–Crippen MR) is 158 cm³/mol. The minimum absolute atomic E-state index is 0.0370. The van der Waals surface area contributed by atoms with Crippen LogP contribution in [-0.2, 0) is 26.2 Å². The van der Waals surface area contributed by atoms with Crippen molar-refractivity contribution in [1.82, 2.24) is 10.2 Å². The number of rotatable bonds is 10. The van der Waals surface area contributed by atoms with Crippen LogP contribution in [0.1, 0.15) is 44.4 Å². The van der Waals surface area contributed by atoms with Crippen LogP contribution in [0.4, 0.5) is 5.69 Å². The summed E-state index contributed by atoms with van der Waals surface area (Å²) in [6, 6.07) is 19.9. The maximum Gasteiger partial charge on any atom is 0.264 e. The fourth-order valence-corrected chi connectivity index (χ4v) is 5.61. The molecule has 1 atom stereocenters. The molecule has 0 bridgehead atoms. The molecule has 1 N–H and O–H groups in total. The van der Waals surface area contributed by atoms with E-state index >= 15 is 0 Å². The number of hydrogen-bond acceptors (Lipinski definition) is 5. The van der Waals surface area contributed by atoms with Crippen LogP contribution in [0.5, 0.6) is 5.75 Å². The Hall–Kier alpha value is -3.85.